The lowest BCUT2D eigenvalue weighted by Crippen LogP contribution is -2.39. The fourth-order valence-electron chi connectivity index (χ4n) is 1.58. The Bertz CT molecular complexity index is 377. The number of pyridine rings is 1. The van der Waals surface area contributed by atoms with Crippen molar-refractivity contribution >= 4 is 11.4 Å². The smallest absolute Gasteiger partial charge is 0.295 e. The maximum absolute atomic E-state index is 10.7. The highest BCUT2D eigenvalue weighted by Crippen LogP contribution is 2.28. The zero-order valence-corrected chi connectivity index (χ0v) is 7.96. The van der Waals surface area contributed by atoms with Gasteiger partial charge in [0.25, 0.3) is 5.69 Å². The van der Waals surface area contributed by atoms with E-state index in [0.717, 1.165) is 0 Å². The molecule has 15 heavy (non-hydrogen) atoms. The fraction of sp³-hybridized carbons (Fsp3) is 0.444. The predicted molar refractivity (Wildman–Crippen MR) is 53.5 cm³/mol. The molecule has 1 aliphatic rings. The summed E-state index contributed by atoms with van der Waals surface area (Å²) in [5.74, 6) is 0. The normalized spacial score (nSPS) is 24.3. The van der Waals surface area contributed by atoms with Gasteiger partial charge >= 0.3 is 0 Å². The summed E-state index contributed by atoms with van der Waals surface area (Å²) in [6, 6.07) is 1.47. The van der Waals surface area contributed by atoms with Gasteiger partial charge in [0.05, 0.1) is 17.2 Å². The second-order valence-corrected chi connectivity index (χ2v) is 3.62. The van der Waals surface area contributed by atoms with E-state index in [9.17, 15) is 10.1 Å². The standard InChI is InChI=1S/C9H11N3O3/c13-7-3-6(4-7)11-8-5-10-2-1-9(8)12(14)15/h1-2,5-7,11,13H,3-4H2. The quantitative estimate of drug-likeness (QED) is 0.571. The van der Waals surface area contributed by atoms with Crippen molar-refractivity contribution in [2.45, 2.75) is 25.0 Å². The van der Waals surface area contributed by atoms with E-state index in [-0.39, 0.29) is 17.8 Å². The fourth-order valence-corrected chi connectivity index (χ4v) is 1.58. The highest BCUT2D eigenvalue weighted by molar-refractivity contribution is 5.60. The molecule has 80 valence electrons. The van der Waals surface area contributed by atoms with E-state index in [1.54, 1.807) is 0 Å². The molecule has 6 heteroatoms. The number of aliphatic hydroxyl groups is 1. The molecule has 0 spiro atoms. The van der Waals surface area contributed by atoms with Gasteiger partial charge in [-0.15, -0.1) is 0 Å². The van der Waals surface area contributed by atoms with Gasteiger partial charge in [-0.25, -0.2) is 0 Å². The molecule has 0 aromatic carbocycles. The van der Waals surface area contributed by atoms with Crippen LogP contribution in [0.2, 0.25) is 0 Å². The van der Waals surface area contributed by atoms with Crippen LogP contribution < -0.4 is 5.32 Å². The third kappa shape index (κ3) is 2.04. The lowest BCUT2D eigenvalue weighted by atomic mass is 9.89. The highest BCUT2D eigenvalue weighted by Gasteiger charge is 2.28. The first-order valence-corrected chi connectivity index (χ1v) is 4.70. The molecule has 1 heterocycles. The summed E-state index contributed by atoms with van der Waals surface area (Å²) in [5, 5.41) is 22.7. The zero-order chi connectivity index (χ0) is 10.8. The van der Waals surface area contributed by atoms with Gasteiger partial charge in [0.1, 0.15) is 5.69 Å². The van der Waals surface area contributed by atoms with Crippen LogP contribution in [0.4, 0.5) is 11.4 Å². The van der Waals surface area contributed by atoms with Crippen molar-refractivity contribution in [2.24, 2.45) is 0 Å². The Hall–Kier alpha value is -1.69. The van der Waals surface area contributed by atoms with Crippen LogP contribution in [0.15, 0.2) is 18.5 Å². The van der Waals surface area contributed by atoms with Gasteiger partial charge in [0.15, 0.2) is 0 Å². The van der Waals surface area contributed by atoms with Crippen LogP contribution in [-0.4, -0.2) is 27.2 Å². The van der Waals surface area contributed by atoms with Gasteiger partial charge < -0.3 is 10.4 Å². The lowest BCUT2D eigenvalue weighted by Gasteiger charge is -2.32. The van der Waals surface area contributed by atoms with Crippen molar-refractivity contribution in [2.75, 3.05) is 5.32 Å². The van der Waals surface area contributed by atoms with Crippen LogP contribution in [0.5, 0.6) is 0 Å². The lowest BCUT2D eigenvalue weighted by molar-refractivity contribution is -0.384. The first kappa shape index (κ1) is 9.85. The molecule has 0 radical (unpaired) electrons. The van der Waals surface area contributed by atoms with E-state index in [2.05, 4.69) is 10.3 Å². The maximum Gasteiger partial charge on any atom is 0.295 e. The minimum absolute atomic E-state index is 0.0198. The summed E-state index contributed by atoms with van der Waals surface area (Å²) in [4.78, 5) is 14.0. The molecular formula is C9H11N3O3. The van der Waals surface area contributed by atoms with Crippen molar-refractivity contribution in [3.05, 3.63) is 28.6 Å². The van der Waals surface area contributed by atoms with Crippen molar-refractivity contribution in [3.8, 4) is 0 Å². The third-order valence-corrected chi connectivity index (χ3v) is 2.47. The summed E-state index contributed by atoms with van der Waals surface area (Å²) >= 11 is 0. The number of aromatic nitrogens is 1. The molecule has 0 atom stereocenters. The molecule has 0 unspecified atom stereocenters. The molecular weight excluding hydrogens is 198 g/mol. The van der Waals surface area contributed by atoms with E-state index < -0.39 is 4.92 Å². The SMILES string of the molecule is O=[N+]([O-])c1ccncc1NC1CC(O)C1. The summed E-state index contributed by atoms with van der Waals surface area (Å²) in [7, 11) is 0. The molecule has 0 saturated heterocycles. The van der Waals surface area contributed by atoms with Crippen LogP contribution in [-0.2, 0) is 0 Å². The van der Waals surface area contributed by atoms with Gasteiger partial charge in [-0.05, 0) is 12.8 Å². The van der Waals surface area contributed by atoms with Crippen molar-refractivity contribution in [1.29, 1.82) is 0 Å². The first-order chi connectivity index (χ1) is 7.16. The molecule has 1 aliphatic carbocycles. The molecule has 1 aromatic rings. The van der Waals surface area contributed by atoms with Crippen molar-refractivity contribution < 1.29 is 10.0 Å². The van der Waals surface area contributed by atoms with Gasteiger partial charge in [0, 0.05) is 18.3 Å². The summed E-state index contributed by atoms with van der Waals surface area (Å²) < 4.78 is 0. The third-order valence-electron chi connectivity index (χ3n) is 2.47. The molecule has 2 rings (SSSR count). The average Bonchev–Trinajstić information content (AvgIpc) is 2.16. The van der Waals surface area contributed by atoms with Crippen LogP contribution in [0, 0.1) is 10.1 Å². The Morgan fingerprint density at radius 2 is 2.33 bits per heavy atom. The zero-order valence-electron chi connectivity index (χ0n) is 7.96. The Labute approximate surface area is 86.1 Å². The number of hydrogen-bond donors (Lipinski definition) is 2. The number of nitrogens with one attached hydrogen (secondary N) is 1. The summed E-state index contributed by atoms with van der Waals surface area (Å²) in [6.45, 7) is 0. The van der Waals surface area contributed by atoms with Gasteiger partial charge in [-0.2, -0.15) is 0 Å². The molecule has 0 aliphatic heterocycles. The van der Waals surface area contributed by atoms with E-state index >= 15 is 0 Å². The maximum atomic E-state index is 10.7. The Morgan fingerprint density at radius 3 is 2.93 bits per heavy atom. The topological polar surface area (TPSA) is 88.3 Å². The summed E-state index contributed by atoms with van der Waals surface area (Å²) in [6.07, 6.45) is 3.80. The van der Waals surface area contributed by atoms with Crippen LogP contribution in [0.3, 0.4) is 0 Å². The van der Waals surface area contributed by atoms with E-state index in [0.29, 0.717) is 18.5 Å². The number of rotatable bonds is 3. The molecule has 1 fully saturated rings. The van der Waals surface area contributed by atoms with Crippen molar-refractivity contribution in [1.82, 2.24) is 4.98 Å². The van der Waals surface area contributed by atoms with E-state index in [1.165, 1.54) is 18.5 Å². The molecule has 1 aromatic heterocycles. The monoisotopic (exact) mass is 209 g/mol. The van der Waals surface area contributed by atoms with Gasteiger partial charge in [-0.1, -0.05) is 0 Å². The second kappa shape index (κ2) is 3.82. The molecule has 0 amide bonds. The molecule has 2 N–H and O–H groups in total. The Balaban J connectivity index is 2.10. The highest BCUT2D eigenvalue weighted by atomic mass is 16.6. The number of nitrogens with zero attached hydrogens (tertiary/aromatic N) is 2. The minimum atomic E-state index is -0.445. The predicted octanol–water partition coefficient (Wildman–Crippen LogP) is 0.925. The average molecular weight is 209 g/mol. The number of anilines is 1. The van der Waals surface area contributed by atoms with Gasteiger partial charge in [0.2, 0.25) is 0 Å². The van der Waals surface area contributed by atoms with Crippen molar-refractivity contribution in [3.63, 3.8) is 0 Å². The number of hydrogen-bond acceptors (Lipinski definition) is 5. The second-order valence-electron chi connectivity index (χ2n) is 3.62. The van der Waals surface area contributed by atoms with E-state index in [1.807, 2.05) is 0 Å². The largest absolute Gasteiger partial charge is 0.393 e. The first-order valence-electron chi connectivity index (χ1n) is 4.70. The molecule has 1 saturated carbocycles. The molecule has 0 bridgehead atoms. The Kier molecular flexibility index (Phi) is 2.51. The molecule has 6 nitrogen and oxygen atoms in total. The van der Waals surface area contributed by atoms with Gasteiger partial charge in [-0.3, -0.25) is 15.1 Å². The summed E-state index contributed by atoms with van der Waals surface area (Å²) in [5.41, 5.74) is 0.436. The minimum Gasteiger partial charge on any atom is -0.393 e. The van der Waals surface area contributed by atoms with Crippen LogP contribution >= 0.6 is 0 Å². The van der Waals surface area contributed by atoms with Crippen LogP contribution in [0.1, 0.15) is 12.8 Å². The van der Waals surface area contributed by atoms with E-state index in [4.69, 9.17) is 5.11 Å². The number of aliphatic hydroxyl groups excluding tert-OH is 1. The Morgan fingerprint density at radius 1 is 1.60 bits per heavy atom. The number of nitro groups is 1. The van der Waals surface area contributed by atoms with Crippen LogP contribution in [0.25, 0.3) is 0 Å².